The van der Waals surface area contributed by atoms with E-state index in [1.165, 1.54) is 0 Å². The highest BCUT2D eigenvalue weighted by Gasteiger charge is 2.35. The molecule has 0 saturated heterocycles. The molecule has 2 rings (SSSR count). The minimum Gasteiger partial charge on any atom is -0.409 e. The lowest BCUT2D eigenvalue weighted by atomic mass is 10.1. The Morgan fingerprint density at radius 1 is 1.74 bits per heavy atom. The maximum absolute atomic E-state index is 12.2. The molecule has 104 valence electrons. The second-order valence-corrected chi connectivity index (χ2v) is 4.83. The Labute approximate surface area is 111 Å². The van der Waals surface area contributed by atoms with Gasteiger partial charge in [0.2, 0.25) is 0 Å². The van der Waals surface area contributed by atoms with Gasteiger partial charge in [0.05, 0.1) is 17.3 Å². The van der Waals surface area contributed by atoms with E-state index in [9.17, 15) is 4.79 Å². The van der Waals surface area contributed by atoms with E-state index in [4.69, 9.17) is 10.9 Å². The van der Waals surface area contributed by atoms with E-state index in [1.807, 2.05) is 6.92 Å². The van der Waals surface area contributed by atoms with E-state index in [0.717, 1.165) is 18.5 Å². The number of nitrogens with zero attached hydrogens (tertiary/aromatic N) is 3. The molecule has 7 nitrogen and oxygen atoms in total. The van der Waals surface area contributed by atoms with Crippen molar-refractivity contribution < 1.29 is 10.0 Å². The fourth-order valence-corrected chi connectivity index (χ4v) is 2.13. The molecule has 1 unspecified atom stereocenters. The molecule has 1 saturated carbocycles. The van der Waals surface area contributed by atoms with Crippen LogP contribution in [0, 0.1) is 5.92 Å². The number of oxime groups is 1. The van der Waals surface area contributed by atoms with Crippen LogP contribution in [-0.4, -0.2) is 32.8 Å². The van der Waals surface area contributed by atoms with Crippen LogP contribution in [0.15, 0.2) is 11.4 Å². The molecule has 1 amide bonds. The molecule has 0 spiro atoms. The van der Waals surface area contributed by atoms with Crippen molar-refractivity contribution in [3.8, 4) is 0 Å². The maximum Gasteiger partial charge on any atom is 0.255 e. The monoisotopic (exact) mass is 265 g/mol. The highest BCUT2D eigenvalue weighted by molar-refractivity contribution is 5.99. The van der Waals surface area contributed by atoms with Gasteiger partial charge >= 0.3 is 0 Å². The molecule has 0 bridgehead atoms. The van der Waals surface area contributed by atoms with Crippen LogP contribution in [0.4, 0.5) is 0 Å². The molecule has 0 radical (unpaired) electrons. The average molecular weight is 265 g/mol. The summed E-state index contributed by atoms with van der Waals surface area (Å²) in [6.45, 7) is 1.95. The number of hydrogen-bond acceptors (Lipinski definition) is 4. The van der Waals surface area contributed by atoms with E-state index < -0.39 is 6.04 Å². The lowest BCUT2D eigenvalue weighted by molar-refractivity contribution is 0.0942. The van der Waals surface area contributed by atoms with Gasteiger partial charge in [0.1, 0.15) is 0 Å². The first-order chi connectivity index (χ1) is 9.06. The summed E-state index contributed by atoms with van der Waals surface area (Å²) in [5.74, 6) is 0.0906. The molecular formula is C12H19N5O2. The minimum atomic E-state index is -0.401. The number of amides is 1. The van der Waals surface area contributed by atoms with Crippen molar-refractivity contribution in [2.24, 2.45) is 23.9 Å². The molecule has 1 atom stereocenters. The number of hydrogen-bond donors (Lipinski definition) is 3. The minimum absolute atomic E-state index is 0.0535. The van der Waals surface area contributed by atoms with Crippen molar-refractivity contribution in [1.82, 2.24) is 15.1 Å². The molecule has 1 aliphatic carbocycles. The number of rotatable bonds is 5. The van der Waals surface area contributed by atoms with Crippen LogP contribution in [-0.2, 0) is 13.5 Å². The van der Waals surface area contributed by atoms with E-state index in [0.29, 0.717) is 12.0 Å². The second kappa shape index (κ2) is 5.29. The Kier molecular flexibility index (Phi) is 3.73. The molecule has 7 heteroatoms. The molecule has 1 fully saturated rings. The third-order valence-electron chi connectivity index (χ3n) is 3.30. The third kappa shape index (κ3) is 2.86. The topological polar surface area (TPSA) is 106 Å². The van der Waals surface area contributed by atoms with E-state index in [-0.39, 0.29) is 17.7 Å². The number of nitrogens with one attached hydrogen (secondary N) is 1. The molecule has 1 heterocycles. The van der Waals surface area contributed by atoms with Gasteiger partial charge in [-0.15, -0.1) is 0 Å². The van der Waals surface area contributed by atoms with Gasteiger partial charge in [0.25, 0.3) is 5.91 Å². The largest absolute Gasteiger partial charge is 0.409 e. The predicted octanol–water partition coefficient (Wildman–Crippen LogP) is 0.237. The van der Waals surface area contributed by atoms with Gasteiger partial charge in [-0.2, -0.15) is 5.10 Å². The average Bonchev–Trinajstić information content (AvgIpc) is 3.17. The smallest absolute Gasteiger partial charge is 0.255 e. The molecule has 19 heavy (non-hydrogen) atoms. The summed E-state index contributed by atoms with van der Waals surface area (Å²) in [6.07, 6.45) is 4.33. The first-order valence-corrected chi connectivity index (χ1v) is 6.37. The number of aryl methyl sites for hydroxylation is 2. The zero-order valence-electron chi connectivity index (χ0n) is 11.1. The highest BCUT2D eigenvalue weighted by atomic mass is 16.4. The van der Waals surface area contributed by atoms with Crippen molar-refractivity contribution in [3.05, 3.63) is 17.5 Å². The quantitative estimate of drug-likeness (QED) is 0.307. The summed E-state index contributed by atoms with van der Waals surface area (Å²) in [5, 5.41) is 18.8. The van der Waals surface area contributed by atoms with Gasteiger partial charge in [-0.1, -0.05) is 12.1 Å². The summed E-state index contributed by atoms with van der Waals surface area (Å²) in [4.78, 5) is 12.2. The van der Waals surface area contributed by atoms with Crippen molar-refractivity contribution in [3.63, 3.8) is 0 Å². The van der Waals surface area contributed by atoms with E-state index >= 15 is 0 Å². The van der Waals surface area contributed by atoms with Crippen LogP contribution >= 0.6 is 0 Å². The van der Waals surface area contributed by atoms with E-state index in [1.54, 1.807) is 17.9 Å². The first kappa shape index (κ1) is 13.4. The van der Waals surface area contributed by atoms with Gasteiger partial charge in [-0.25, -0.2) is 0 Å². The molecule has 1 aromatic rings. The van der Waals surface area contributed by atoms with Crippen LogP contribution < -0.4 is 11.1 Å². The van der Waals surface area contributed by atoms with Gasteiger partial charge in [0.15, 0.2) is 5.84 Å². The predicted molar refractivity (Wildman–Crippen MR) is 70.0 cm³/mol. The normalized spacial score (nSPS) is 17.3. The van der Waals surface area contributed by atoms with Crippen molar-refractivity contribution in [2.75, 3.05) is 0 Å². The van der Waals surface area contributed by atoms with Crippen LogP contribution in [0.2, 0.25) is 0 Å². The van der Waals surface area contributed by atoms with Gasteiger partial charge in [-0.05, 0) is 25.2 Å². The number of aromatic nitrogens is 2. The fourth-order valence-electron chi connectivity index (χ4n) is 2.13. The molecule has 4 N–H and O–H groups in total. The Balaban J connectivity index is 2.14. The number of nitrogens with two attached hydrogens (primary N) is 1. The Bertz CT molecular complexity index is 504. The van der Waals surface area contributed by atoms with Gasteiger partial charge in [0, 0.05) is 13.2 Å². The van der Waals surface area contributed by atoms with Crippen molar-refractivity contribution in [1.29, 1.82) is 0 Å². The lowest BCUT2D eigenvalue weighted by Crippen LogP contribution is -2.46. The molecule has 1 aliphatic rings. The highest BCUT2D eigenvalue weighted by Crippen LogP contribution is 2.32. The SMILES string of the molecule is CCc1nn(C)cc1C(=O)NC(/C(N)=N/O)C1CC1. The standard InChI is InChI=1S/C12H19N5O2/c1-3-9-8(6-17(2)15-9)12(18)14-10(7-4-5-7)11(13)16-19/h6-7,10,19H,3-5H2,1-2H3,(H2,13,16)(H,14,18). The molecule has 0 aromatic carbocycles. The van der Waals surface area contributed by atoms with Crippen LogP contribution in [0.25, 0.3) is 0 Å². The molecule has 1 aromatic heterocycles. The Hall–Kier alpha value is -2.05. The summed E-state index contributed by atoms with van der Waals surface area (Å²) < 4.78 is 1.61. The fraction of sp³-hybridized carbons (Fsp3) is 0.583. The first-order valence-electron chi connectivity index (χ1n) is 6.37. The van der Waals surface area contributed by atoms with Gasteiger partial charge in [-0.3, -0.25) is 9.48 Å². The summed E-state index contributed by atoms with van der Waals surface area (Å²) >= 11 is 0. The van der Waals surface area contributed by atoms with Crippen molar-refractivity contribution >= 4 is 11.7 Å². The lowest BCUT2D eigenvalue weighted by Gasteiger charge is -2.16. The number of amidine groups is 1. The molecule has 0 aliphatic heterocycles. The van der Waals surface area contributed by atoms with Crippen LogP contribution in [0.1, 0.15) is 35.8 Å². The van der Waals surface area contributed by atoms with Crippen LogP contribution in [0.5, 0.6) is 0 Å². The Morgan fingerprint density at radius 3 is 2.95 bits per heavy atom. The summed E-state index contributed by atoms with van der Waals surface area (Å²) in [7, 11) is 1.78. The molecular weight excluding hydrogens is 246 g/mol. The van der Waals surface area contributed by atoms with Crippen molar-refractivity contribution in [2.45, 2.75) is 32.2 Å². The third-order valence-corrected chi connectivity index (χ3v) is 3.30. The number of carbonyl (C=O) groups excluding carboxylic acids is 1. The number of carbonyl (C=O) groups is 1. The maximum atomic E-state index is 12.2. The summed E-state index contributed by atoms with van der Waals surface area (Å²) in [5.41, 5.74) is 6.91. The Morgan fingerprint density at radius 2 is 2.42 bits per heavy atom. The second-order valence-electron chi connectivity index (χ2n) is 4.83. The summed E-state index contributed by atoms with van der Waals surface area (Å²) in [6, 6.07) is -0.401. The zero-order chi connectivity index (χ0) is 14.0. The van der Waals surface area contributed by atoms with E-state index in [2.05, 4.69) is 15.6 Å². The van der Waals surface area contributed by atoms with Gasteiger partial charge < -0.3 is 16.3 Å². The van der Waals surface area contributed by atoms with Crippen LogP contribution in [0.3, 0.4) is 0 Å². The zero-order valence-corrected chi connectivity index (χ0v) is 11.1.